The van der Waals surface area contributed by atoms with Crippen molar-refractivity contribution in [1.82, 2.24) is 4.98 Å². The van der Waals surface area contributed by atoms with Gasteiger partial charge in [0.05, 0.1) is 22.3 Å². The molecule has 1 N–H and O–H groups in total. The van der Waals surface area contributed by atoms with E-state index in [1.807, 2.05) is 20.8 Å². The molecule has 0 fully saturated rings. The maximum Gasteiger partial charge on any atom is 0.310 e. The maximum absolute atomic E-state index is 13.7. The topological polar surface area (TPSA) is 70.5 Å². The minimum atomic E-state index is -1.16. The predicted octanol–water partition coefficient (Wildman–Crippen LogP) is 4.74. The fourth-order valence-electron chi connectivity index (χ4n) is 2.63. The highest BCUT2D eigenvalue weighted by molar-refractivity contribution is 9.10. The number of aryl methyl sites for hydroxylation is 1. The minimum Gasteiger partial charge on any atom is -0.481 e. The minimum absolute atomic E-state index is 0.0222. The van der Waals surface area contributed by atoms with Crippen molar-refractivity contribution in [1.29, 1.82) is 0 Å². The van der Waals surface area contributed by atoms with Gasteiger partial charge in [-0.15, -0.1) is 0 Å². The molecule has 26 heavy (non-hydrogen) atoms. The second-order valence-electron chi connectivity index (χ2n) is 6.07. The average Bonchev–Trinajstić information content (AvgIpc) is 2.57. The Hall–Kier alpha value is -2.50. The quantitative estimate of drug-likeness (QED) is 0.683. The average molecular weight is 421 g/mol. The Morgan fingerprint density at radius 3 is 2.62 bits per heavy atom. The third kappa shape index (κ3) is 4.18. The molecular weight excluding hydrogens is 403 g/mol. The summed E-state index contributed by atoms with van der Waals surface area (Å²) in [6.45, 7) is 5.74. The SMILES string of the molecule is Cc1ccnc(C(C)C)c1N(C(=C=O)CC(=O)O)c1ccc(F)c(Br)c1. The van der Waals surface area contributed by atoms with Gasteiger partial charge in [-0.2, -0.15) is 0 Å². The molecule has 0 radical (unpaired) electrons. The van der Waals surface area contributed by atoms with Crippen molar-refractivity contribution in [2.24, 2.45) is 0 Å². The summed E-state index contributed by atoms with van der Waals surface area (Å²) < 4.78 is 13.9. The van der Waals surface area contributed by atoms with Crippen LogP contribution in [0.25, 0.3) is 0 Å². The number of carboxylic acid groups (broad SMARTS) is 1. The van der Waals surface area contributed by atoms with Crippen molar-refractivity contribution in [3.63, 3.8) is 0 Å². The van der Waals surface area contributed by atoms with Crippen LogP contribution in [0.2, 0.25) is 0 Å². The molecule has 0 aliphatic heterocycles. The zero-order valence-electron chi connectivity index (χ0n) is 14.6. The van der Waals surface area contributed by atoms with E-state index in [4.69, 9.17) is 0 Å². The van der Waals surface area contributed by atoms with Gasteiger partial charge in [-0.05, 0) is 58.6 Å². The lowest BCUT2D eigenvalue weighted by molar-refractivity contribution is -0.136. The molecule has 0 bridgehead atoms. The summed E-state index contributed by atoms with van der Waals surface area (Å²) in [5.74, 6) is 0.128. The third-order valence-electron chi connectivity index (χ3n) is 3.79. The first-order chi connectivity index (χ1) is 12.3. The molecular formula is C19H18BrFN2O3. The second-order valence-corrected chi connectivity index (χ2v) is 6.92. The third-order valence-corrected chi connectivity index (χ3v) is 4.40. The number of halogens is 2. The Morgan fingerprint density at radius 2 is 2.08 bits per heavy atom. The van der Waals surface area contributed by atoms with E-state index >= 15 is 0 Å². The molecule has 2 rings (SSSR count). The molecule has 136 valence electrons. The summed E-state index contributed by atoms with van der Waals surface area (Å²) in [5, 5.41) is 9.19. The maximum atomic E-state index is 13.7. The van der Waals surface area contributed by atoms with Crippen LogP contribution in [-0.2, 0) is 9.59 Å². The van der Waals surface area contributed by atoms with Gasteiger partial charge in [-0.25, -0.2) is 9.18 Å². The molecule has 5 nitrogen and oxygen atoms in total. The van der Waals surface area contributed by atoms with Crippen molar-refractivity contribution in [2.45, 2.75) is 33.1 Å². The molecule has 0 amide bonds. The fourth-order valence-corrected chi connectivity index (χ4v) is 3.00. The molecule has 1 heterocycles. The van der Waals surface area contributed by atoms with Crippen LogP contribution in [0, 0.1) is 12.7 Å². The second kappa shape index (κ2) is 8.25. The Balaban J connectivity index is 2.79. The molecule has 0 saturated heterocycles. The standard InChI is InChI=1S/C19H18BrFN2O3/c1-11(2)18-19(12(3)6-7-22-18)23(14(10-24)9-17(25)26)13-4-5-16(21)15(20)8-13/h4-8,11H,9H2,1-3H3,(H,25,26). The van der Waals surface area contributed by atoms with Crippen molar-refractivity contribution in [2.75, 3.05) is 4.90 Å². The number of carboxylic acids is 1. The first kappa shape index (κ1) is 19.8. The van der Waals surface area contributed by atoms with Crippen molar-refractivity contribution >= 4 is 39.2 Å². The number of rotatable bonds is 6. The molecule has 7 heteroatoms. The van der Waals surface area contributed by atoms with E-state index in [1.165, 1.54) is 23.1 Å². The highest BCUT2D eigenvalue weighted by Gasteiger charge is 2.25. The van der Waals surface area contributed by atoms with Gasteiger partial charge < -0.3 is 10.0 Å². The predicted molar refractivity (Wildman–Crippen MR) is 101 cm³/mol. The lowest BCUT2D eigenvalue weighted by Crippen LogP contribution is -2.22. The molecule has 1 aromatic heterocycles. The van der Waals surface area contributed by atoms with Crippen molar-refractivity contribution in [3.05, 3.63) is 57.7 Å². The number of carbonyl (C=O) groups is 1. The van der Waals surface area contributed by atoms with E-state index in [1.54, 1.807) is 18.2 Å². The zero-order chi connectivity index (χ0) is 19.4. The zero-order valence-corrected chi connectivity index (χ0v) is 16.2. The number of anilines is 2. The van der Waals surface area contributed by atoms with Crippen LogP contribution in [-0.4, -0.2) is 22.0 Å². The van der Waals surface area contributed by atoms with Gasteiger partial charge in [-0.3, -0.25) is 9.78 Å². The van der Waals surface area contributed by atoms with Crippen LogP contribution >= 0.6 is 15.9 Å². The highest BCUT2D eigenvalue weighted by Crippen LogP contribution is 2.38. The Bertz CT molecular complexity index is 892. The van der Waals surface area contributed by atoms with E-state index in [-0.39, 0.29) is 16.1 Å². The summed E-state index contributed by atoms with van der Waals surface area (Å²) in [6, 6.07) is 5.99. The van der Waals surface area contributed by atoms with E-state index < -0.39 is 18.2 Å². The first-order valence-electron chi connectivity index (χ1n) is 7.92. The Morgan fingerprint density at radius 1 is 1.38 bits per heavy atom. The van der Waals surface area contributed by atoms with Gasteiger partial charge in [0.1, 0.15) is 17.5 Å². The number of hydrogen-bond acceptors (Lipinski definition) is 4. The van der Waals surface area contributed by atoms with Gasteiger partial charge in [-0.1, -0.05) is 13.8 Å². The molecule has 0 atom stereocenters. The summed E-state index contributed by atoms with van der Waals surface area (Å²) in [5.41, 5.74) is 2.45. The van der Waals surface area contributed by atoms with Gasteiger partial charge >= 0.3 is 5.97 Å². The number of hydrogen-bond donors (Lipinski definition) is 1. The fraction of sp³-hybridized carbons (Fsp3) is 0.263. The van der Waals surface area contributed by atoms with Crippen LogP contribution in [0.15, 0.2) is 40.6 Å². The molecule has 0 spiro atoms. The molecule has 0 unspecified atom stereocenters. The van der Waals surface area contributed by atoms with Crippen molar-refractivity contribution in [3.8, 4) is 0 Å². The number of aliphatic carboxylic acids is 1. The molecule has 0 aliphatic rings. The first-order valence-corrected chi connectivity index (χ1v) is 8.72. The Labute approximate surface area is 159 Å². The van der Waals surface area contributed by atoms with Gasteiger partial charge in [0.15, 0.2) is 0 Å². The van der Waals surface area contributed by atoms with Crippen molar-refractivity contribution < 1.29 is 19.1 Å². The lowest BCUT2D eigenvalue weighted by atomic mass is 10.0. The normalized spacial score (nSPS) is 10.5. The molecule has 0 aliphatic carbocycles. The van der Waals surface area contributed by atoms with E-state index in [0.29, 0.717) is 17.1 Å². The van der Waals surface area contributed by atoms with Gasteiger partial charge in [0.2, 0.25) is 0 Å². The van der Waals surface area contributed by atoms with Crippen LogP contribution in [0.3, 0.4) is 0 Å². The van der Waals surface area contributed by atoms with Gasteiger partial charge in [0.25, 0.3) is 0 Å². The number of nitrogens with zero attached hydrogens (tertiary/aromatic N) is 2. The summed E-state index contributed by atoms with van der Waals surface area (Å²) in [4.78, 5) is 28.7. The van der Waals surface area contributed by atoms with Gasteiger partial charge in [0, 0.05) is 11.9 Å². The van der Waals surface area contributed by atoms with E-state index in [9.17, 15) is 19.1 Å². The molecule has 0 saturated carbocycles. The summed E-state index contributed by atoms with van der Waals surface area (Å²) in [6.07, 6.45) is 1.14. The lowest BCUT2D eigenvalue weighted by Gasteiger charge is -2.29. The van der Waals surface area contributed by atoms with Crippen LogP contribution in [0.1, 0.15) is 37.4 Å². The highest BCUT2D eigenvalue weighted by atomic mass is 79.9. The Kier molecular flexibility index (Phi) is 6.29. The summed E-state index contributed by atoms with van der Waals surface area (Å²) in [7, 11) is 0. The van der Waals surface area contributed by atoms with Crippen LogP contribution in [0.4, 0.5) is 15.8 Å². The smallest absolute Gasteiger partial charge is 0.310 e. The number of carbonyl (C=O) groups excluding carboxylic acids is 1. The largest absolute Gasteiger partial charge is 0.481 e. The van der Waals surface area contributed by atoms with E-state index in [0.717, 1.165) is 5.56 Å². The van der Waals surface area contributed by atoms with E-state index in [2.05, 4.69) is 20.9 Å². The summed E-state index contributed by atoms with van der Waals surface area (Å²) >= 11 is 3.13. The molecule has 2 aromatic rings. The van der Waals surface area contributed by atoms with Crippen LogP contribution < -0.4 is 4.90 Å². The molecule has 1 aromatic carbocycles. The number of aromatic nitrogens is 1. The van der Waals surface area contributed by atoms with Crippen LogP contribution in [0.5, 0.6) is 0 Å². The monoisotopic (exact) mass is 420 g/mol. The number of pyridine rings is 1. The number of benzene rings is 1.